The highest BCUT2D eigenvalue weighted by Crippen LogP contribution is 2.33. The number of rotatable bonds is 4. The predicted octanol–water partition coefficient (Wildman–Crippen LogP) is 4.10. The van der Waals surface area contributed by atoms with Crippen LogP contribution in [0.5, 0.6) is 11.5 Å². The molecule has 2 rings (SSSR count). The third-order valence-electron chi connectivity index (χ3n) is 2.43. The highest BCUT2D eigenvalue weighted by Gasteiger charge is 2.18. The van der Waals surface area contributed by atoms with E-state index in [0.717, 1.165) is 6.07 Å². The Balaban J connectivity index is 2.42. The van der Waals surface area contributed by atoms with Crippen molar-refractivity contribution in [1.82, 2.24) is 0 Å². The van der Waals surface area contributed by atoms with Crippen molar-refractivity contribution in [3.05, 3.63) is 62.4 Å². The van der Waals surface area contributed by atoms with Gasteiger partial charge in [0.25, 0.3) is 0 Å². The number of ether oxygens (including phenoxy) is 1. The van der Waals surface area contributed by atoms with Crippen molar-refractivity contribution in [2.45, 2.75) is 0 Å². The van der Waals surface area contributed by atoms with Gasteiger partial charge in [-0.15, -0.1) is 0 Å². The Labute approximate surface area is 121 Å². The lowest BCUT2D eigenvalue weighted by Gasteiger charge is -2.07. The summed E-state index contributed by atoms with van der Waals surface area (Å²) in [6.45, 7) is 0. The fourth-order valence-corrected chi connectivity index (χ4v) is 1.85. The molecule has 5 nitrogen and oxygen atoms in total. The summed E-state index contributed by atoms with van der Waals surface area (Å²) in [5.41, 5.74) is -0.266. The van der Waals surface area contributed by atoms with Crippen molar-refractivity contribution in [2.75, 3.05) is 0 Å². The number of benzene rings is 2. The zero-order valence-corrected chi connectivity index (χ0v) is 11.5. The van der Waals surface area contributed by atoms with Gasteiger partial charge in [-0.05, 0) is 30.3 Å². The Morgan fingerprint density at radius 3 is 2.50 bits per heavy atom. The second-order valence-electron chi connectivity index (χ2n) is 3.78. The van der Waals surface area contributed by atoms with E-state index < -0.39 is 16.4 Å². The number of hydrogen-bond acceptors (Lipinski definition) is 4. The molecule has 0 saturated carbocycles. The molecule has 0 bridgehead atoms. The van der Waals surface area contributed by atoms with Crippen molar-refractivity contribution < 1.29 is 18.8 Å². The molecule has 0 aromatic heterocycles. The van der Waals surface area contributed by atoms with Crippen molar-refractivity contribution in [2.24, 2.45) is 0 Å². The molecule has 0 N–H and O–H groups in total. The van der Waals surface area contributed by atoms with Crippen LogP contribution in [0, 0.1) is 15.9 Å². The number of hydrogen-bond donors (Lipinski definition) is 0. The first-order valence-corrected chi connectivity index (χ1v) is 6.17. The summed E-state index contributed by atoms with van der Waals surface area (Å²) in [5.74, 6) is -0.940. The van der Waals surface area contributed by atoms with E-state index in [1.807, 2.05) is 0 Å². The summed E-state index contributed by atoms with van der Waals surface area (Å²) < 4.78 is 19.4. The second kappa shape index (κ2) is 5.79. The number of nitro groups is 1. The highest BCUT2D eigenvalue weighted by molar-refractivity contribution is 9.10. The molecule has 0 aliphatic heterocycles. The quantitative estimate of drug-likeness (QED) is 0.477. The third-order valence-corrected chi connectivity index (χ3v) is 2.92. The Hall–Kier alpha value is -2.28. The van der Waals surface area contributed by atoms with Gasteiger partial charge in [0.05, 0.1) is 4.92 Å². The third kappa shape index (κ3) is 3.00. The average Bonchev–Trinajstić information content (AvgIpc) is 2.42. The normalized spacial score (nSPS) is 10.1. The topological polar surface area (TPSA) is 69.4 Å². The molecule has 2 aromatic carbocycles. The van der Waals surface area contributed by atoms with E-state index in [1.165, 1.54) is 24.3 Å². The molecular weight excluding hydrogens is 333 g/mol. The molecular formula is C13H7BrFNO4. The Bertz CT molecular complexity index is 690. The minimum Gasteiger partial charge on any atom is -0.447 e. The maximum Gasteiger partial charge on any atom is 0.312 e. The first-order chi connectivity index (χ1) is 9.51. The SMILES string of the molecule is O=Cc1ccc(Oc2ccc(Br)cc2F)c([N+](=O)[O-])c1. The van der Waals surface area contributed by atoms with E-state index in [2.05, 4.69) is 15.9 Å². The summed E-state index contributed by atoms with van der Waals surface area (Å²) in [4.78, 5) is 20.8. The van der Waals surface area contributed by atoms with Crippen LogP contribution in [0.4, 0.5) is 10.1 Å². The van der Waals surface area contributed by atoms with Crippen LogP contribution in [0.1, 0.15) is 10.4 Å². The van der Waals surface area contributed by atoms with E-state index in [-0.39, 0.29) is 17.1 Å². The van der Waals surface area contributed by atoms with Gasteiger partial charge in [0.15, 0.2) is 11.6 Å². The van der Waals surface area contributed by atoms with Crippen LogP contribution < -0.4 is 4.74 Å². The van der Waals surface area contributed by atoms with Crippen LogP contribution in [0.2, 0.25) is 0 Å². The van der Waals surface area contributed by atoms with Gasteiger partial charge in [0, 0.05) is 16.1 Å². The van der Waals surface area contributed by atoms with Crippen molar-refractivity contribution in [3.63, 3.8) is 0 Å². The van der Waals surface area contributed by atoms with Gasteiger partial charge in [0.2, 0.25) is 5.75 Å². The van der Waals surface area contributed by atoms with Gasteiger partial charge in [0.1, 0.15) is 6.29 Å². The fourth-order valence-electron chi connectivity index (χ4n) is 1.51. The zero-order valence-electron chi connectivity index (χ0n) is 9.88. The zero-order chi connectivity index (χ0) is 14.7. The molecule has 20 heavy (non-hydrogen) atoms. The Kier molecular flexibility index (Phi) is 4.09. The Morgan fingerprint density at radius 2 is 1.90 bits per heavy atom. The Morgan fingerprint density at radius 1 is 1.20 bits per heavy atom. The van der Waals surface area contributed by atoms with Crippen LogP contribution in [0.15, 0.2) is 40.9 Å². The maximum atomic E-state index is 13.6. The molecule has 102 valence electrons. The molecule has 0 atom stereocenters. The van der Waals surface area contributed by atoms with Crippen LogP contribution in [-0.2, 0) is 0 Å². The number of aldehydes is 1. The van der Waals surface area contributed by atoms with Gasteiger partial charge in [-0.1, -0.05) is 15.9 Å². The van der Waals surface area contributed by atoms with E-state index >= 15 is 0 Å². The summed E-state index contributed by atoms with van der Waals surface area (Å²) in [6.07, 6.45) is 0.483. The minimum atomic E-state index is -0.695. The average molecular weight is 340 g/mol. The van der Waals surface area contributed by atoms with Gasteiger partial charge in [-0.3, -0.25) is 14.9 Å². The fraction of sp³-hybridized carbons (Fsp3) is 0. The van der Waals surface area contributed by atoms with Crippen molar-refractivity contribution >= 4 is 27.9 Å². The van der Waals surface area contributed by atoms with Crippen LogP contribution in [0.3, 0.4) is 0 Å². The molecule has 0 spiro atoms. The van der Waals surface area contributed by atoms with Gasteiger partial charge in [-0.25, -0.2) is 4.39 Å². The van der Waals surface area contributed by atoms with E-state index in [0.29, 0.717) is 10.8 Å². The monoisotopic (exact) mass is 339 g/mol. The lowest BCUT2D eigenvalue weighted by Crippen LogP contribution is -1.96. The van der Waals surface area contributed by atoms with Crippen molar-refractivity contribution in [1.29, 1.82) is 0 Å². The van der Waals surface area contributed by atoms with Gasteiger partial charge >= 0.3 is 5.69 Å². The number of carbonyl (C=O) groups excluding carboxylic acids is 1. The summed E-state index contributed by atoms with van der Waals surface area (Å²) in [5, 5.41) is 10.9. The first-order valence-electron chi connectivity index (χ1n) is 5.38. The summed E-state index contributed by atoms with van der Waals surface area (Å²) in [6, 6.07) is 7.75. The van der Waals surface area contributed by atoms with Crippen molar-refractivity contribution in [3.8, 4) is 11.5 Å². The van der Waals surface area contributed by atoms with Crippen LogP contribution in [-0.4, -0.2) is 11.2 Å². The predicted molar refractivity (Wildman–Crippen MR) is 72.7 cm³/mol. The molecule has 0 radical (unpaired) electrons. The molecule has 0 fully saturated rings. The van der Waals surface area contributed by atoms with E-state index in [4.69, 9.17) is 4.74 Å². The molecule has 0 aliphatic carbocycles. The largest absolute Gasteiger partial charge is 0.447 e. The number of nitrogens with zero attached hydrogens (tertiary/aromatic N) is 1. The maximum absolute atomic E-state index is 13.6. The van der Waals surface area contributed by atoms with Crippen LogP contribution in [0.25, 0.3) is 0 Å². The first kappa shape index (κ1) is 14.1. The van der Waals surface area contributed by atoms with Gasteiger partial charge in [-0.2, -0.15) is 0 Å². The summed E-state index contributed by atoms with van der Waals surface area (Å²) >= 11 is 3.10. The molecule has 0 amide bonds. The second-order valence-corrected chi connectivity index (χ2v) is 4.69. The smallest absolute Gasteiger partial charge is 0.312 e. The molecule has 0 aliphatic rings. The minimum absolute atomic E-state index is 0.137. The number of halogens is 2. The summed E-state index contributed by atoms with van der Waals surface area (Å²) in [7, 11) is 0. The standard InChI is InChI=1S/C13H7BrFNO4/c14-9-2-4-12(10(15)6-9)20-13-3-1-8(7-17)5-11(13)16(18)19/h1-7H. The molecule has 0 unspecified atom stereocenters. The molecule has 0 saturated heterocycles. The lowest BCUT2D eigenvalue weighted by atomic mass is 10.2. The molecule has 0 heterocycles. The van der Waals surface area contributed by atoms with E-state index in [9.17, 15) is 19.3 Å². The molecule has 7 heteroatoms. The number of carbonyl (C=O) groups is 1. The molecule has 2 aromatic rings. The van der Waals surface area contributed by atoms with E-state index in [1.54, 1.807) is 6.07 Å². The highest BCUT2D eigenvalue weighted by atomic mass is 79.9. The lowest BCUT2D eigenvalue weighted by molar-refractivity contribution is -0.385. The van der Waals surface area contributed by atoms with Crippen LogP contribution >= 0.6 is 15.9 Å². The number of nitro benzene ring substituents is 1. The van der Waals surface area contributed by atoms with Gasteiger partial charge < -0.3 is 4.74 Å².